The molecule has 5 nitrogen and oxygen atoms in total. The first kappa shape index (κ1) is 13.3. The SMILES string of the molecule is O=C(NC1CCCC1C(=O)O)c1cc(F)ccc1O. The highest BCUT2D eigenvalue weighted by atomic mass is 19.1. The molecule has 1 saturated carbocycles. The van der Waals surface area contributed by atoms with E-state index < -0.39 is 29.7 Å². The Labute approximate surface area is 109 Å². The fourth-order valence-electron chi connectivity index (χ4n) is 2.36. The predicted molar refractivity (Wildman–Crippen MR) is 64.3 cm³/mol. The van der Waals surface area contributed by atoms with Crippen molar-refractivity contribution in [2.45, 2.75) is 25.3 Å². The highest BCUT2D eigenvalue weighted by Crippen LogP contribution is 2.27. The molecule has 0 heterocycles. The maximum atomic E-state index is 13.0. The molecule has 3 N–H and O–H groups in total. The smallest absolute Gasteiger partial charge is 0.308 e. The van der Waals surface area contributed by atoms with Gasteiger partial charge in [0.25, 0.3) is 5.91 Å². The summed E-state index contributed by atoms with van der Waals surface area (Å²) in [7, 11) is 0. The largest absolute Gasteiger partial charge is 0.507 e. The number of benzene rings is 1. The molecule has 1 aliphatic carbocycles. The number of aromatic hydroxyl groups is 1. The van der Waals surface area contributed by atoms with Crippen molar-refractivity contribution < 1.29 is 24.2 Å². The number of phenolic OH excluding ortho intramolecular Hbond substituents is 1. The monoisotopic (exact) mass is 267 g/mol. The molecule has 1 amide bonds. The van der Waals surface area contributed by atoms with E-state index in [-0.39, 0.29) is 11.3 Å². The van der Waals surface area contributed by atoms with Gasteiger partial charge >= 0.3 is 5.97 Å². The zero-order valence-electron chi connectivity index (χ0n) is 10.1. The Balaban J connectivity index is 2.12. The van der Waals surface area contributed by atoms with Crippen molar-refractivity contribution in [3.63, 3.8) is 0 Å². The van der Waals surface area contributed by atoms with E-state index in [1.165, 1.54) is 0 Å². The van der Waals surface area contributed by atoms with Crippen molar-refractivity contribution in [3.8, 4) is 5.75 Å². The molecule has 2 unspecified atom stereocenters. The Kier molecular flexibility index (Phi) is 3.69. The van der Waals surface area contributed by atoms with Crippen LogP contribution in [0.1, 0.15) is 29.6 Å². The summed E-state index contributed by atoms with van der Waals surface area (Å²) < 4.78 is 13.0. The van der Waals surface area contributed by atoms with E-state index in [0.717, 1.165) is 24.6 Å². The topological polar surface area (TPSA) is 86.6 Å². The van der Waals surface area contributed by atoms with Crippen LogP contribution < -0.4 is 5.32 Å². The van der Waals surface area contributed by atoms with Crippen LogP contribution in [0.2, 0.25) is 0 Å². The van der Waals surface area contributed by atoms with Crippen molar-refractivity contribution >= 4 is 11.9 Å². The first-order valence-electron chi connectivity index (χ1n) is 6.01. The van der Waals surface area contributed by atoms with Gasteiger partial charge in [0.15, 0.2) is 0 Å². The van der Waals surface area contributed by atoms with Crippen LogP contribution in [-0.4, -0.2) is 28.1 Å². The number of halogens is 1. The van der Waals surface area contributed by atoms with E-state index in [0.29, 0.717) is 12.8 Å². The van der Waals surface area contributed by atoms with Gasteiger partial charge in [-0.1, -0.05) is 6.42 Å². The second-order valence-corrected chi connectivity index (χ2v) is 4.62. The molecule has 0 bridgehead atoms. The molecule has 0 spiro atoms. The highest BCUT2D eigenvalue weighted by molar-refractivity contribution is 5.97. The molecule has 102 valence electrons. The lowest BCUT2D eigenvalue weighted by molar-refractivity contribution is -0.142. The van der Waals surface area contributed by atoms with Gasteiger partial charge in [0, 0.05) is 6.04 Å². The van der Waals surface area contributed by atoms with E-state index >= 15 is 0 Å². The second kappa shape index (κ2) is 5.26. The number of hydrogen-bond acceptors (Lipinski definition) is 3. The minimum Gasteiger partial charge on any atom is -0.507 e. The molecule has 0 aromatic heterocycles. The lowest BCUT2D eigenvalue weighted by Gasteiger charge is -2.17. The highest BCUT2D eigenvalue weighted by Gasteiger charge is 2.34. The van der Waals surface area contributed by atoms with Crippen LogP contribution >= 0.6 is 0 Å². The number of carbonyl (C=O) groups is 2. The summed E-state index contributed by atoms with van der Waals surface area (Å²) >= 11 is 0. The molecule has 0 saturated heterocycles. The number of hydrogen-bond donors (Lipinski definition) is 3. The number of carbonyl (C=O) groups excluding carboxylic acids is 1. The first-order chi connectivity index (χ1) is 8.99. The van der Waals surface area contributed by atoms with E-state index in [2.05, 4.69) is 5.32 Å². The Morgan fingerprint density at radius 1 is 1.32 bits per heavy atom. The Hall–Kier alpha value is -2.11. The van der Waals surface area contributed by atoms with Crippen LogP contribution in [-0.2, 0) is 4.79 Å². The average molecular weight is 267 g/mol. The molecule has 0 aliphatic heterocycles. The van der Waals surface area contributed by atoms with Crippen molar-refractivity contribution in [3.05, 3.63) is 29.6 Å². The number of rotatable bonds is 3. The predicted octanol–water partition coefficient (Wildman–Crippen LogP) is 1.51. The molecular weight excluding hydrogens is 253 g/mol. The van der Waals surface area contributed by atoms with E-state index in [1.54, 1.807) is 0 Å². The molecule has 1 aromatic rings. The fourth-order valence-corrected chi connectivity index (χ4v) is 2.36. The molecule has 0 radical (unpaired) electrons. The molecule has 1 aliphatic rings. The van der Waals surface area contributed by atoms with Crippen molar-refractivity contribution in [1.29, 1.82) is 0 Å². The van der Waals surface area contributed by atoms with Gasteiger partial charge < -0.3 is 15.5 Å². The van der Waals surface area contributed by atoms with E-state index in [4.69, 9.17) is 5.11 Å². The van der Waals surface area contributed by atoms with Gasteiger partial charge in [-0.3, -0.25) is 9.59 Å². The summed E-state index contributed by atoms with van der Waals surface area (Å²) in [6, 6.07) is 2.58. The van der Waals surface area contributed by atoms with Gasteiger partial charge in [-0.05, 0) is 31.0 Å². The number of carboxylic acid groups (broad SMARTS) is 1. The molecular formula is C13H14FNO4. The molecule has 2 atom stereocenters. The van der Waals surface area contributed by atoms with Crippen molar-refractivity contribution in [2.75, 3.05) is 0 Å². The number of phenols is 1. The summed E-state index contributed by atoms with van der Waals surface area (Å²) in [5, 5.41) is 21.1. The van der Waals surface area contributed by atoms with Crippen LogP contribution in [0.25, 0.3) is 0 Å². The maximum absolute atomic E-state index is 13.0. The molecule has 1 aromatic carbocycles. The van der Waals surface area contributed by atoms with Crippen LogP contribution in [0.3, 0.4) is 0 Å². The summed E-state index contributed by atoms with van der Waals surface area (Å²) in [5.41, 5.74) is -0.184. The number of carboxylic acids is 1. The van der Waals surface area contributed by atoms with Crippen LogP contribution in [0.5, 0.6) is 5.75 Å². The minimum absolute atomic E-state index is 0.184. The standard InChI is InChI=1S/C13H14FNO4/c14-7-4-5-11(16)9(6-7)12(17)15-10-3-1-2-8(10)13(18)19/h4-6,8,10,16H,1-3H2,(H,15,17)(H,18,19). The molecule has 1 fully saturated rings. The molecule has 2 rings (SSSR count). The fraction of sp³-hybridized carbons (Fsp3) is 0.385. The second-order valence-electron chi connectivity index (χ2n) is 4.62. The van der Waals surface area contributed by atoms with Crippen LogP contribution in [0.15, 0.2) is 18.2 Å². The third kappa shape index (κ3) is 2.83. The normalized spacial score (nSPS) is 22.2. The number of nitrogens with one attached hydrogen (secondary N) is 1. The van der Waals surface area contributed by atoms with Crippen molar-refractivity contribution in [2.24, 2.45) is 5.92 Å². The summed E-state index contributed by atoms with van der Waals surface area (Å²) in [6.07, 6.45) is 1.80. The van der Waals surface area contributed by atoms with Crippen LogP contribution in [0, 0.1) is 11.7 Å². The zero-order valence-corrected chi connectivity index (χ0v) is 10.1. The Morgan fingerprint density at radius 2 is 2.05 bits per heavy atom. The number of aliphatic carboxylic acids is 1. The number of amides is 1. The third-order valence-electron chi connectivity index (χ3n) is 3.35. The van der Waals surface area contributed by atoms with Gasteiger partial charge in [-0.2, -0.15) is 0 Å². The summed E-state index contributed by atoms with van der Waals surface area (Å²) in [5.74, 6) is -3.20. The van der Waals surface area contributed by atoms with Gasteiger partial charge in [0.05, 0.1) is 11.5 Å². The Morgan fingerprint density at radius 3 is 2.74 bits per heavy atom. The lowest BCUT2D eigenvalue weighted by atomic mass is 10.0. The third-order valence-corrected chi connectivity index (χ3v) is 3.35. The average Bonchev–Trinajstić information content (AvgIpc) is 2.80. The lowest BCUT2D eigenvalue weighted by Crippen LogP contribution is -2.40. The van der Waals surface area contributed by atoms with Gasteiger partial charge in [-0.25, -0.2) is 4.39 Å². The zero-order chi connectivity index (χ0) is 14.0. The maximum Gasteiger partial charge on any atom is 0.308 e. The summed E-state index contributed by atoms with van der Waals surface area (Å²) in [4.78, 5) is 22.9. The van der Waals surface area contributed by atoms with Crippen molar-refractivity contribution in [1.82, 2.24) is 5.32 Å². The molecule has 19 heavy (non-hydrogen) atoms. The van der Waals surface area contributed by atoms with Gasteiger partial charge in [0.2, 0.25) is 0 Å². The minimum atomic E-state index is -0.953. The van der Waals surface area contributed by atoms with Gasteiger partial charge in [0.1, 0.15) is 11.6 Å². The van der Waals surface area contributed by atoms with E-state index in [9.17, 15) is 19.1 Å². The first-order valence-corrected chi connectivity index (χ1v) is 6.01. The van der Waals surface area contributed by atoms with Gasteiger partial charge in [-0.15, -0.1) is 0 Å². The Bertz CT molecular complexity index is 517. The van der Waals surface area contributed by atoms with E-state index in [1.807, 2.05) is 0 Å². The molecule has 6 heteroatoms. The van der Waals surface area contributed by atoms with Crippen LogP contribution in [0.4, 0.5) is 4.39 Å². The quantitative estimate of drug-likeness (QED) is 0.774. The summed E-state index contributed by atoms with van der Waals surface area (Å²) in [6.45, 7) is 0.